The average molecular weight is 299 g/mol. The van der Waals surface area contributed by atoms with E-state index in [0.717, 1.165) is 30.9 Å². The van der Waals surface area contributed by atoms with Gasteiger partial charge in [0.1, 0.15) is 11.5 Å². The van der Waals surface area contributed by atoms with Crippen molar-refractivity contribution in [2.45, 2.75) is 51.6 Å². The molecule has 1 aliphatic rings. The maximum Gasteiger partial charge on any atom is 0.271 e. The highest BCUT2D eigenvalue weighted by Crippen LogP contribution is 2.24. The molecule has 6 heteroatoms. The minimum absolute atomic E-state index is 0.0444. The molecule has 0 bridgehead atoms. The van der Waals surface area contributed by atoms with Crippen LogP contribution in [-0.4, -0.2) is 31.5 Å². The summed E-state index contributed by atoms with van der Waals surface area (Å²) in [5, 5.41) is 3.03. The number of rotatable bonds is 2. The van der Waals surface area contributed by atoms with Crippen LogP contribution in [0.15, 0.2) is 24.8 Å². The number of carbonyl (C=O) groups excluding carboxylic acids is 1. The lowest BCUT2D eigenvalue weighted by Crippen LogP contribution is -2.41. The van der Waals surface area contributed by atoms with Gasteiger partial charge in [0, 0.05) is 43.0 Å². The number of nitrogens with zero attached hydrogens (tertiary/aromatic N) is 4. The van der Waals surface area contributed by atoms with Gasteiger partial charge in [-0.05, 0) is 6.42 Å². The zero-order valence-corrected chi connectivity index (χ0v) is 13.2. The van der Waals surface area contributed by atoms with Crippen LogP contribution in [0.3, 0.4) is 0 Å². The molecule has 116 valence electrons. The number of carbonyl (C=O) groups is 1. The fourth-order valence-corrected chi connectivity index (χ4v) is 2.60. The molecule has 0 aromatic carbocycles. The third kappa shape index (κ3) is 3.00. The third-order valence-electron chi connectivity index (χ3n) is 3.89. The van der Waals surface area contributed by atoms with Crippen LogP contribution in [0.5, 0.6) is 0 Å². The monoisotopic (exact) mass is 299 g/mol. The average Bonchev–Trinajstić information content (AvgIpc) is 2.91. The van der Waals surface area contributed by atoms with Crippen LogP contribution in [-0.2, 0) is 18.4 Å². The van der Waals surface area contributed by atoms with Gasteiger partial charge in [-0.1, -0.05) is 20.8 Å². The van der Waals surface area contributed by atoms with Gasteiger partial charge in [0.2, 0.25) is 0 Å². The molecule has 0 aliphatic carbocycles. The highest BCUT2D eigenvalue weighted by atomic mass is 16.1. The first-order valence-corrected chi connectivity index (χ1v) is 7.57. The molecule has 6 nitrogen and oxygen atoms in total. The van der Waals surface area contributed by atoms with Crippen molar-refractivity contribution in [1.82, 2.24) is 24.8 Å². The van der Waals surface area contributed by atoms with Crippen molar-refractivity contribution in [3.8, 4) is 0 Å². The number of aryl methyl sites for hydroxylation is 1. The van der Waals surface area contributed by atoms with E-state index in [1.54, 1.807) is 6.20 Å². The normalized spacial score (nSPS) is 17.9. The molecule has 0 radical (unpaired) electrons. The summed E-state index contributed by atoms with van der Waals surface area (Å²) in [7, 11) is 0. The number of aromatic nitrogens is 4. The molecule has 3 rings (SSSR count). The van der Waals surface area contributed by atoms with Crippen molar-refractivity contribution < 1.29 is 4.79 Å². The Labute approximate surface area is 130 Å². The lowest BCUT2D eigenvalue weighted by atomic mass is 9.93. The van der Waals surface area contributed by atoms with Crippen LogP contribution < -0.4 is 5.32 Å². The van der Waals surface area contributed by atoms with E-state index in [1.807, 2.05) is 0 Å². The van der Waals surface area contributed by atoms with Gasteiger partial charge in [0.25, 0.3) is 5.91 Å². The maximum atomic E-state index is 12.2. The zero-order chi connectivity index (χ0) is 15.7. The van der Waals surface area contributed by atoms with Gasteiger partial charge in [0.15, 0.2) is 0 Å². The summed E-state index contributed by atoms with van der Waals surface area (Å²) in [4.78, 5) is 24.8. The molecule has 1 amide bonds. The first kappa shape index (κ1) is 14.7. The Kier molecular flexibility index (Phi) is 3.68. The minimum atomic E-state index is -0.169. The van der Waals surface area contributed by atoms with E-state index in [0.29, 0.717) is 5.69 Å². The predicted octanol–water partition coefficient (Wildman–Crippen LogP) is 1.72. The summed E-state index contributed by atoms with van der Waals surface area (Å²) in [5.41, 5.74) is 1.50. The topological polar surface area (TPSA) is 72.7 Å². The quantitative estimate of drug-likeness (QED) is 0.916. The van der Waals surface area contributed by atoms with E-state index >= 15 is 0 Å². The van der Waals surface area contributed by atoms with Gasteiger partial charge >= 0.3 is 0 Å². The molecule has 3 heterocycles. The Morgan fingerprint density at radius 1 is 1.36 bits per heavy atom. The third-order valence-corrected chi connectivity index (χ3v) is 3.89. The number of fused-ring (bicyclic) bond motifs is 1. The van der Waals surface area contributed by atoms with E-state index in [-0.39, 0.29) is 17.4 Å². The van der Waals surface area contributed by atoms with Crippen LogP contribution >= 0.6 is 0 Å². The van der Waals surface area contributed by atoms with Crippen molar-refractivity contribution >= 4 is 5.91 Å². The Balaban J connectivity index is 1.69. The molecular formula is C16H21N5O. The summed E-state index contributed by atoms with van der Waals surface area (Å²) in [6, 6.07) is 0.101. The largest absolute Gasteiger partial charge is 0.346 e. The number of amides is 1. The molecule has 0 spiro atoms. The summed E-state index contributed by atoms with van der Waals surface area (Å²) >= 11 is 0. The van der Waals surface area contributed by atoms with Crippen LogP contribution in [0.4, 0.5) is 0 Å². The second-order valence-corrected chi connectivity index (χ2v) is 6.74. The summed E-state index contributed by atoms with van der Waals surface area (Å²) in [5.74, 6) is 0.938. The molecule has 2 aromatic rings. The highest BCUT2D eigenvalue weighted by Gasteiger charge is 2.25. The Morgan fingerprint density at radius 2 is 2.18 bits per heavy atom. The fraction of sp³-hybridized carbons (Fsp3) is 0.500. The second kappa shape index (κ2) is 5.51. The van der Waals surface area contributed by atoms with Crippen molar-refractivity contribution in [2.75, 3.05) is 0 Å². The molecule has 1 unspecified atom stereocenters. The van der Waals surface area contributed by atoms with E-state index < -0.39 is 0 Å². The van der Waals surface area contributed by atoms with Crippen molar-refractivity contribution in [1.29, 1.82) is 0 Å². The molecule has 0 saturated heterocycles. The van der Waals surface area contributed by atoms with Gasteiger partial charge in [-0.25, -0.2) is 9.97 Å². The van der Waals surface area contributed by atoms with E-state index in [1.165, 1.54) is 12.4 Å². The van der Waals surface area contributed by atoms with E-state index in [4.69, 9.17) is 4.98 Å². The van der Waals surface area contributed by atoms with Crippen molar-refractivity contribution in [3.63, 3.8) is 0 Å². The highest BCUT2D eigenvalue weighted by molar-refractivity contribution is 5.92. The predicted molar refractivity (Wildman–Crippen MR) is 82.5 cm³/mol. The zero-order valence-electron chi connectivity index (χ0n) is 13.2. The number of nitrogens with one attached hydrogen (secondary N) is 1. The lowest BCUT2D eigenvalue weighted by Gasteiger charge is -2.24. The van der Waals surface area contributed by atoms with E-state index in [9.17, 15) is 4.79 Å². The number of imidazole rings is 1. The van der Waals surface area contributed by atoms with Crippen LogP contribution in [0.25, 0.3) is 0 Å². The first-order chi connectivity index (χ1) is 10.4. The molecule has 1 aliphatic heterocycles. The lowest BCUT2D eigenvalue weighted by molar-refractivity contribution is 0.0922. The van der Waals surface area contributed by atoms with Gasteiger partial charge in [-0.3, -0.25) is 9.78 Å². The molecule has 1 atom stereocenters. The first-order valence-electron chi connectivity index (χ1n) is 7.57. The van der Waals surface area contributed by atoms with Crippen LogP contribution in [0, 0.1) is 0 Å². The van der Waals surface area contributed by atoms with E-state index in [2.05, 4.69) is 46.8 Å². The maximum absolute atomic E-state index is 12.2. The summed E-state index contributed by atoms with van der Waals surface area (Å²) in [6.07, 6.45) is 8.45. The Morgan fingerprint density at radius 3 is 2.86 bits per heavy atom. The summed E-state index contributed by atoms with van der Waals surface area (Å²) in [6.45, 7) is 7.24. The van der Waals surface area contributed by atoms with Gasteiger partial charge in [-0.15, -0.1) is 0 Å². The van der Waals surface area contributed by atoms with Gasteiger partial charge in [-0.2, -0.15) is 0 Å². The van der Waals surface area contributed by atoms with Crippen molar-refractivity contribution in [2.24, 2.45) is 0 Å². The molecule has 0 saturated carbocycles. The van der Waals surface area contributed by atoms with Gasteiger partial charge in [0.05, 0.1) is 11.9 Å². The molecule has 22 heavy (non-hydrogen) atoms. The molecule has 0 fully saturated rings. The smallest absolute Gasteiger partial charge is 0.271 e. The molecule has 1 N–H and O–H groups in total. The summed E-state index contributed by atoms with van der Waals surface area (Å²) < 4.78 is 2.16. The standard InChI is InChI=1S/C16H21N5O/c1-16(2,3)13-10-21-9-11(4-5-14(21)20-13)19-15(22)12-8-17-6-7-18-12/h6-8,10-11H,4-5,9H2,1-3H3,(H,19,22). The number of hydrogen-bond acceptors (Lipinski definition) is 4. The van der Waals surface area contributed by atoms with Crippen molar-refractivity contribution in [3.05, 3.63) is 42.0 Å². The van der Waals surface area contributed by atoms with Gasteiger partial charge < -0.3 is 9.88 Å². The van der Waals surface area contributed by atoms with Crippen LogP contribution in [0.1, 0.15) is 49.2 Å². The molecule has 2 aromatic heterocycles. The SMILES string of the molecule is CC(C)(C)c1cn2c(n1)CCC(NC(=O)c1cnccn1)C2. The molecular weight excluding hydrogens is 278 g/mol. The Hall–Kier alpha value is -2.24. The fourth-order valence-electron chi connectivity index (χ4n) is 2.60. The minimum Gasteiger partial charge on any atom is -0.346 e. The van der Waals surface area contributed by atoms with Crippen LogP contribution in [0.2, 0.25) is 0 Å². The second-order valence-electron chi connectivity index (χ2n) is 6.74. The Bertz CT molecular complexity index is 672. The number of hydrogen-bond donors (Lipinski definition) is 1.